The lowest BCUT2D eigenvalue weighted by molar-refractivity contribution is -0.142. The molecule has 27 heavy (non-hydrogen) atoms. The highest BCUT2D eigenvalue weighted by molar-refractivity contribution is 5.75. The molecule has 2 aliphatic rings. The summed E-state index contributed by atoms with van der Waals surface area (Å²) in [6, 6.07) is 9.79. The zero-order valence-electron chi connectivity index (χ0n) is 15.4. The van der Waals surface area contributed by atoms with Gasteiger partial charge in [-0.25, -0.2) is 4.79 Å². The summed E-state index contributed by atoms with van der Waals surface area (Å²) < 4.78 is 0. The molecule has 2 fully saturated rings. The van der Waals surface area contributed by atoms with Crippen molar-refractivity contribution < 1.29 is 14.7 Å². The normalized spacial score (nSPS) is 23.2. The number of nitriles is 1. The average molecular weight is 370 g/mol. The number of carboxylic acids is 1. The van der Waals surface area contributed by atoms with Crippen LogP contribution in [0.3, 0.4) is 0 Å². The summed E-state index contributed by atoms with van der Waals surface area (Å²) in [6.07, 6.45) is 3.54. The molecule has 3 rings (SSSR count). The minimum absolute atomic E-state index is 0.0618. The quantitative estimate of drug-likeness (QED) is 0.852. The Morgan fingerprint density at radius 2 is 1.81 bits per heavy atom. The van der Waals surface area contributed by atoms with Crippen LogP contribution in [0.1, 0.15) is 37.7 Å². The number of carbonyl (C=O) groups is 2. The monoisotopic (exact) mass is 370 g/mol. The Balaban J connectivity index is 1.53. The topological polar surface area (TPSA) is 96.7 Å². The second-order valence-electron chi connectivity index (χ2n) is 7.29. The minimum Gasteiger partial charge on any atom is -0.481 e. The van der Waals surface area contributed by atoms with Crippen LogP contribution in [0.5, 0.6) is 0 Å². The number of hydrogen-bond acceptors (Lipinski definition) is 4. The Morgan fingerprint density at radius 3 is 2.52 bits per heavy atom. The number of nitrogens with one attached hydrogen (secondary N) is 1. The fourth-order valence-electron chi connectivity index (χ4n) is 3.96. The number of rotatable bonds is 3. The summed E-state index contributed by atoms with van der Waals surface area (Å²) in [6.45, 7) is 2.79. The van der Waals surface area contributed by atoms with E-state index >= 15 is 0 Å². The van der Waals surface area contributed by atoms with Crippen molar-refractivity contribution in [3.8, 4) is 6.07 Å². The van der Waals surface area contributed by atoms with Gasteiger partial charge in [-0.05, 0) is 44.2 Å². The number of benzene rings is 1. The number of urea groups is 1. The van der Waals surface area contributed by atoms with E-state index in [2.05, 4.69) is 16.3 Å². The van der Waals surface area contributed by atoms with E-state index in [1.807, 2.05) is 29.2 Å². The molecule has 7 nitrogen and oxygen atoms in total. The van der Waals surface area contributed by atoms with Crippen molar-refractivity contribution in [2.45, 2.75) is 38.1 Å². The highest BCUT2D eigenvalue weighted by Gasteiger charge is 2.28. The fourth-order valence-corrected chi connectivity index (χ4v) is 3.96. The number of amides is 2. The second kappa shape index (κ2) is 8.76. The molecule has 0 spiro atoms. The lowest BCUT2D eigenvalue weighted by Gasteiger charge is -2.30. The largest absolute Gasteiger partial charge is 0.481 e. The van der Waals surface area contributed by atoms with Crippen molar-refractivity contribution in [2.75, 3.05) is 31.1 Å². The van der Waals surface area contributed by atoms with Crippen LogP contribution in [0, 0.1) is 17.2 Å². The van der Waals surface area contributed by atoms with E-state index in [9.17, 15) is 14.9 Å². The third kappa shape index (κ3) is 4.70. The molecule has 144 valence electrons. The van der Waals surface area contributed by atoms with Gasteiger partial charge >= 0.3 is 12.0 Å². The van der Waals surface area contributed by atoms with E-state index in [4.69, 9.17) is 5.11 Å². The van der Waals surface area contributed by atoms with Crippen molar-refractivity contribution >= 4 is 17.7 Å². The number of carboxylic acid groups (broad SMARTS) is 1. The fraction of sp³-hybridized carbons (Fsp3) is 0.550. The van der Waals surface area contributed by atoms with Gasteiger partial charge in [-0.15, -0.1) is 0 Å². The standard InChI is InChI=1S/C20H26N4O3/c21-14-16-4-1-2-5-18(16)23-10-3-11-24(13-12-23)20(27)22-17-8-6-15(7-9-17)19(25)26/h1-2,4-5,15,17H,3,6-13H2,(H,22,27)(H,25,26). The Morgan fingerprint density at radius 1 is 1.07 bits per heavy atom. The van der Waals surface area contributed by atoms with E-state index in [-0.39, 0.29) is 18.0 Å². The molecule has 1 saturated carbocycles. The SMILES string of the molecule is N#Cc1ccccc1N1CCCN(C(=O)NC2CCC(C(=O)O)CC2)CC1. The van der Waals surface area contributed by atoms with Crippen LogP contribution >= 0.6 is 0 Å². The van der Waals surface area contributed by atoms with E-state index in [0.717, 1.165) is 31.5 Å². The first-order valence-electron chi connectivity index (χ1n) is 9.61. The van der Waals surface area contributed by atoms with E-state index < -0.39 is 5.97 Å². The van der Waals surface area contributed by atoms with Crippen LogP contribution in [0.15, 0.2) is 24.3 Å². The molecule has 1 aromatic carbocycles. The number of nitrogens with zero attached hydrogens (tertiary/aromatic N) is 3. The number of anilines is 1. The van der Waals surface area contributed by atoms with E-state index in [1.54, 1.807) is 0 Å². The lowest BCUT2D eigenvalue weighted by atomic mass is 9.86. The van der Waals surface area contributed by atoms with Gasteiger partial charge in [0.05, 0.1) is 17.2 Å². The molecule has 1 heterocycles. The molecule has 0 bridgehead atoms. The molecule has 7 heteroatoms. The number of hydrogen-bond donors (Lipinski definition) is 2. The number of carbonyl (C=O) groups excluding carboxylic acids is 1. The third-order valence-electron chi connectivity index (χ3n) is 5.55. The van der Waals surface area contributed by atoms with Crippen LogP contribution in [0.25, 0.3) is 0 Å². The highest BCUT2D eigenvalue weighted by Crippen LogP contribution is 2.25. The Hall–Kier alpha value is -2.75. The lowest BCUT2D eigenvalue weighted by Crippen LogP contribution is -2.47. The smallest absolute Gasteiger partial charge is 0.317 e. The summed E-state index contributed by atoms with van der Waals surface area (Å²) in [5, 5.41) is 21.5. The second-order valence-corrected chi connectivity index (χ2v) is 7.29. The molecule has 0 unspecified atom stereocenters. The Labute approximate surface area is 159 Å². The maximum absolute atomic E-state index is 12.6. The van der Waals surface area contributed by atoms with Crippen LogP contribution in [-0.2, 0) is 4.79 Å². The van der Waals surface area contributed by atoms with E-state index in [1.165, 1.54) is 0 Å². The minimum atomic E-state index is -0.731. The van der Waals surface area contributed by atoms with Gasteiger partial charge < -0.3 is 20.2 Å². The molecular formula is C20H26N4O3. The third-order valence-corrected chi connectivity index (χ3v) is 5.55. The predicted octanol–water partition coefficient (Wildman–Crippen LogP) is 2.42. The van der Waals surface area contributed by atoms with Crippen molar-refractivity contribution in [1.29, 1.82) is 5.26 Å². The van der Waals surface area contributed by atoms with Crippen LogP contribution in [0.2, 0.25) is 0 Å². The van der Waals surface area contributed by atoms with Gasteiger partial charge in [-0.1, -0.05) is 12.1 Å². The summed E-state index contributed by atoms with van der Waals surface area (Å²) in [4.78, 5) is 27.7. The van der Waals surface area contributed by atoms with Crippen molar-refractivity contribution in [2.24, 2.45) is 5.92 Å². The van der Waals surface area contributed by atoms with Crippen molar-refractivity contribution in [1.82, 2.24) is 10.2 Å². The van der Waals surface area contributed by atoms with Crippen molar-refractivity contribution in [3.05, 3.63) is 29.8 Å². The molecule has 1 aliphatic heterocycles. The molecule has 0 aromatic heterocycles. The predicted molar refractivity (Wildman–Crippen MR) is 101 cm³/mol. The van der Waals surface area contributed by atoms with Gasteiger partial charge in [0.2, 0.25) is 0 Å². The molecule has 1 saturated heterocycles. The molecule has 0 radical (unpaired) electrons. The summed E-state index contributed by atoms with van der Waals surface area (Å²) >= 11 is 0. The summed E-state index contributed by atoms with van der Waals surface area (Å²) in [5.74, 6) is -1.00. The first-order valence-corrected chi connectivity index (χ1v) is 9.61. The Bertz CT molecular complexity index is 722. The van der Waals surface area contributed by atoms with Gasteiger partial charge in [0, 0.05) is 32.2 Å². The highest BCUT2D eigenvalue weighted by atomic mass is 16.4. The molecule has 1 aliphatic carbocycles. The number of aliphatic carboxylic acids is 1. The summed E-state index contributed by atoms with van der Waals surface area (Å²) in [5.41, 5.74) is 1.58. The number of para-hydroxylation sites is 1. The molecule has 2 amide bonds. The zero-order chi connectivity index (χ0) is 19.2. The van der Waals surface area contributed by atoms with Crippen LogP contribution < -0.4 is 10.2 Å². The maximum Gasteiger partial charge on any atom is 0.317 e. The molecule has 2 N–H and O–H groups in total. The maximum atomic E-state index is 12.6. The van der Waals surface area contributed by atoms with Gasteiger partial charge in [0.1, 0.15) is 6.07 Å². The molecule has 1 aromatic rings. The van der Waals surface area contributed by atoms with Gasteiger partial charge in [0.25, 0.3) is 0 Å². The van der Waals surface area contributed by atoms with Gasteiger partial charge in [-0.3, -0.25) is 4.79 Å². The van der Waals surface area contributed by atoms with Crippen LogP contribution in [-0.4, -0.2) is 54.2 Å². The van der Waals surface area contributed by atoms with Gasteiger partial charge in [0.15, 0.2) is 0 Å². The van der Waals surface area contributed by atoms with Gasteiger partial charge in [-0.2, -0.15) is 5.26 Å². The van der Waals surface area contributed by atoms with Crippen LogP contribution in [0.4, 0.5) is 10.5 Å². The summed E-state index contributed by atoms with van der Waals surface area (Å²) in [7, 11) is 0. The molecular weight excluding hydrogens is 344 g/mol. The first kappa shape index (κ1) is 19.0. The zero-order valence-corrected chi connectivity index (χ0v) is 15.4. The first-order chi connectivity index (χ1) is 13.1. The molecule has 0 atom stereocenters. The van der Waals surface area contributed by atoms with E-state index in [0.29, 0.717) is 38.0 Å². The van der Waals surface area contributed by atoms with Crippen molar-refractivity contribution in [3.63, 3.8) is 0 Å². The Kier molecular flexibility index (Phi) is 6.17. The average Bonchev–Trinajstić information content (AvgIpc) is 2.94.